The highest BCUT2D eigenvalue weighted by Gasteiger charge is 2.05. The summed E-state index contributed by atoms with van der Waals surface area (Å²) in [5.74, 6) is 0. The van der Waals surface area contributed by atoms with Crippen molar-refractivity contribution < 1.29 is 0 Å². The standard InChI is InChI=1S/C10H12N4S2/c1-2-8(11)9-4-3-7(5-12-9)16-10-14-13-6-15-10/h3-6,8H,2,11H2,1H3/t8-/m1/s1. The Morgan fingerprint density at radius 2 is 2.38 bits per heavy atom. The van der Waals surface area contributed by atoms with Crippen molar-refractivity contribution in [2.45, 2.75) is 28.6 Å². The van der Waals surface area contributed by atoms with E-state index >= 15 is 0 Å². The van der Waals surface area contributed by atoms with Gasteiger partial charge in [-0.15, -0.1) is 10.2 Å². The number of hydrogen-bond acceptors (Lipinski definition) is 6. The van der Waals surface area contributed by atoms with Gasteiger partial charge < -0.3 is 5.73 Å². The lowest BCUT2D eigenvalue weighted by Gasteiger charge is -2.07. The van der Waals surface area contributed by atoms with Gasteiger partial charge in [0.25, 0.3) is 0 Å². The second kappa shape index (κ2) is 5.38. The predicted molar refractivity (Wildman–Crippen MR) is 65.5 cm³/mol. The van der Waals surface area contributed by atoms with Gasteiger partial charge in [-0.3, -0.25) is 4.98 Å². The highest BCUT2D eigenvalue weighted by Crippen LogP contribution is 2.28. The van der Waals surface area contributed by atoms with Gasteiger partial charge in [0.2, 0.25) is 0 Å². The molecule has 1 atom stereocenters. The van der Waals surface area contributed by atoms with Crippen molar-refractivity contribution in [2.24, 2.45) is 5.73 Å². The van der Waals surface area contributed by atoms with Crippen LogP contribution in [0.3, 0.4) is 0 Å². The van der Waals surface area contributed by atoms with E-state index in [4.69, 9.17) is 5.73 Å². The molecule has 0 saturated carbocycles. The van der Waals surface area contributed by atoms with E-state index in [9.17, 15) is 0 Å². The molecule has 2 heterocycles. The molecule has 2 N–H and O–H groups in total. The van der Waals surface area contributed by atoms with Crippen LogP contribution >= 0.6 is 23.1 Å². The summed E-state index contributed by atoms with van der Waals surface area (Å²) in [6, 6.07) is 4.02. The Morgan fingerprint density at radius 3 is 2.94 bits per heavy atom. The van der Waals surface area contributed by atoms with Crippen molar-refractivity contribution in [1.29, 1.82) is 0 Å². The molecule has 84 valence electrons. The molecule has 0 aromatic carbocycles. The zero-order valence-electron chi connectivity index (χ0n) is 8.83. The van der Waals surface area contributed by atoms with Crippen LogP contribution in [0, 0.1) is 0 Å². The summed E-state index contributed by atoms with van der Waals surface area (Å²) < 4.78 is 0.925. The largest absolute Gasteiger partial charge is 0.323 e. The third-order valence-corrected chi connectivity index (χ3v) is 3.88. The topological polar surface area (TPSA) is 64.7 Å². The van der Waals surface area contributed by atoms with E-state index in [0.29, 0.717) is 0 Å². The van der Waals surface area contributed by atoms with E-state index in [-0.39, 0.29) is 6.04 Å². The summed E-state index contributed by atoms with van der Waals surface area (Å²) >= 11 is 3.08. The molecule has 0 fully saturated rings. The van der Waals surface area contributed by atoms with Gasteiger partial charge in [0.1, 0.15) is 5.51 Å². The monoisotopic (exact) mass is 252 g/mol. The number of hydrogen-bond donors (Lipinski definition) is 1. The first-order chi connectivity index (χ1) is 7.79. The molecule has 0 amide bonds. The number of pyridine rings is 1. The minimum absolute atomic E-state index is 0.0283. The van der Waals surface area contributed by atoms with Crippen LogP contribution in [0.25, 0.3) is 0 Å². The zero-order valence-corrected chi connectivity index (χ0v) is 10.5. The fraction of sp³-hybridized carbons (Fsp3) is 0.300. The molecule has 0 spiro atoms. The number of nitrogens with two attached hydrogens (primary N) is 1. The van der Waals surface area contributed by atoms with Gasteiger partial charge in [-0.25, -0.2) is 0 Å². The minimum atomic E-state index is 0.0283. The SMILES string of the molecule is CC[C@@H](N)c1ccc(Sc2nncs2)cn1. The molecule has 2 rings (SSSR count). The normalized spacial score (nSPS) is 12.6. The van der Waals surface area contributed by atoms with Crippen molar-refractivity contribution in [3.63, 3.8) is 0 Å². The Hall–Kier alpha value is -0.980. The Morgan fingerprint density at radius 1 is 1.50 bits per heavy atom. The maximum absolute atomic E-state index is 5.89. The quantitative estimate of drug-likeness (QED) is 0.905. The molecule has 6 heteroatoms. The summed E-state index contributed by atoms with van der Waals surface area (Å²) in [5, 5.41) is 7.75. The van der Waals surface area contributed by atoms with Crippen molar-refractivity contribution in [1.82, 2.24) is 15.2 Å². The summed E-state index contributed by atoms with van der Waals surface area (Å²) in [4.78, 5) is 5.40. The Kier molecular flexibility index (Phi) is 3.87. The van der Waals surface area contributed by atoms with Crippen molar-refractivity contribution >= 4 is 23.1 Å². The lowest BCUT2D eigenvalue weighted by molar-refractivity contribution is 0.674. The zero-order chi connectivity index (χ0) is 11.4. The lowest BCUT2D eigenvalue weighted by Crippen LogP contribution is -2.10. The summed E-state index contributed by atoms with van der Waals surface area (Å²) in [6.45, 7) is 2.05. The van der Waals surface area contributed by atoms with E-state index in [2.05, 4.69) is 22.1 Å². The summed E-state index contributed by atoms with van der Waals surface area (Å²) in [7, 11) is 0. The van der Waals surface area contributed by atoms with Gasteiger partial charge in [0, 0.05) is 17.1 Å². The molecule has 0 bridgehead atoms. The van der Waals surface area contributed by atoms with Gasteiger partial charge in [-0.05, 0) is 18.6 Å². The molecule has 0 aliphatic rings. The molecule has 0 aliphatic carbocycles. The van der Waals surface area contributed by atoms with E-state index < -0.39 is 0 Å². The number of nitrogens with zero attached hydrogens (tertiary/aromatic N) is 3. The second-order valence-corrected chi connectivity index (χ2v) is 5.39. The molecule has 16 heavy (non-hydrogen) atoms. The van der Waals surface area contributed by atoms with Crippen molar-refractivity contribution in [3.05, 3.63) is 29.5 Å². The second-order valence-electron chi connectivity index (χ2n) is 3.24. The van der Waals surface area contributed by atoms with E-state index in [1.807, 2.05) is 18.3 Å². The fourth-order valence-corrected chi connectivity index (χ4v) is 2.61. The average molecular weight is 252 g/mol. The van der Waals surface area contributed by atoms with Crippen LogP contribution in [0.15, 0.2) is 33.1 Å². The molecule has 2 aromatic rings. The highest BCUT2D eigenvalue weighted by molar-refractivity contribution is 8.01. The molecule has 0 radical (unpaired) electrons. The summed E-state index contributed by atoms with van der Waals surface area (Å²) in [6.07, 6.45) is 2.73. The Balaban J connectivity index is 2.07. The van der Waals surface area contributed by atoms with E-state index in [1.165, 1.54) is 11.3 Å². The molecule has 0 unspecified atom stereocenters. The van der Waals surface area contributed by atoms with Crippen LogP contribution < -0.4 is 5.73 Å². The molecule has 2 aromatic heterocycles. The van der Waals surface area contributed by atoms with E-state index in [1.54, 1.807) is 17.3 Å². The molecule has 0 saturated heterocycles. The molecule has 0 aliphatic heterocycles. The van der Waals surface area contributed by atoms with Gasteiger partial charge in [-0.1, -0.05) is 30.0 Å². The fourth-order valence-electron chi connectivity index (χ4n) is 1.19. The van der Waals surface area contributed by atoms with E-state index in [0.717, 1.165) is 21.3 Å². The Labute approximate surface area is 102 Å². The number of rotatable bonds is 4. The minimum Gasteiger partial charge on any atom is -0.323 e. The van der Waals surface area contributed by atoms with Crippen LogP contribution in [0.5, 0.6) is 0 Å². The molecular weight excluding hydrogens is 240 g/mol. The maximum Gasteiger partial charge on any atom is 0.178 e. The maximum atomic E-state index is 5.89. The van der Waals surface area contributed by atoms with Crippen LogP contribution in [0.2, 0.25) is 0 Å². The van der Waals surface area contributed by atoms with Crippen LogP contribution in [0.1, 0.15) is 25.1 Å². The first-order valence-electron chi connectivity index (χ1n) is 4.95. The summed E-state index contributed by atoms with van der Waals surface area (Å²) in [5.41, 5.74) is 8.54. The van der Waals surface area contributed by atoms with Crippen LogP contribution in [0.4, 0.5) is 0 Å². The van der Waals surface area contributed by atoms with Crippen LogP contribution in [-0.4, -0.2) is 15.2 Å². The highest BCUT2D eigenvalue weighted by atomic mass is 32.2. The molecular formula is C10H12N4S2. The number of aromatic nitrogens is 3. The average Bonchev–Trinajstić information content (AvgIpc) is 2.82. The van der Waals surface area contributed by atoms with Gasteiger partial charge >= 0.3 is 0 Å². The van der Waals surface area contributed by atoms with Gasteiger partial charge in [-0.2, -0.15) is 0 Å². The van der Waals surface area contributed by atoms with Crippen molar-refractivity contribution in [2.75, 3.05) is 0 Å². The Bertz CT molecular complexity index is 427. The van der Waals surface area contributed by atoms with Gasteiger partial charge in [0.05, 0.1) is 5.69 Å². The van der Waals surface area contributed by atoms with Gasteiger partial charge in [0.15, 0.2) is 4.34 Å². The van der Waals surface area contributed by atoms with Crippen LogP contribution in [-0.2, 0) is 0 Å². The third kappa shape index (κ3) is 2.78. The lowest BCUT2D eigenvalue weighted by atomic mass is 10.1. The van der Waals surface area contributed by atoms with Crippen molar-refractivity contribution in [3.8, 4) is 0 Å². The third-order valence-electron chi connectivity index (χ3n) is 2.12. The first-order valence-corrected chi connectivity index (χ1v) is 6.64. The molecule has 4 nitrogen and oxygen atoms in total. The smallest absolute Gasteiger partial charge is 0.178 e. The predicted octanol–water partition coefficient (Wildman–Crippen LogP) is 2.49. The first kappa shape index (κ1) is 11.5.